The molecule has 1 aromatic carbocycles. The molecule has 0 radical (unpaired) electrons. The number of carboxylic acids is 1. The Morgan fingerprint density at radius 3 is 2.69 bits per heavy atom. The Hall–Kier alpha value is -2.71. The molecule has 1 atom stereocenters. The van der Waals surface area contributed by atoms with Gasteiger partial charge in [0.2, 0.25) is 5.43 Å². The van der Waals surface area contributed by atoms with Gasteiger partial charge in [-0.05, 0) is 49.8 Å². The van der Waals surface area contributed by atoms with Crippen molar-refractivity contribution in [1.29, 1.82) is 0 Å². The lowest BCUT2D eigenvalue weighted by molar-refractivity contribution is 0.0695. The van der Waals surface area contributed by atoms with Crippen molar-refractivity contribution >= 4 is 33.9 Å². The van der Waals surface area contributed by atoms with Gasteiger partial charge in [-0.1, -0.05) is 0 Å². The maximum absolute atomic E-state index is 15.8. The summed E-state index contributed by atoms with van der Waals surface area (Å²) in [5.41, 5.74) is 12.9. The molecule has 150 valence electrons. The van der Waals surface area contributed by atoms with E-state index in [1.165, 1.54) is 23.6 Å². The normalized spacial score (nSPS) is 18.8. The Balaban J connectivity index is 1.81. The SMILES string of the molecule is Nc1cc(-c2cc3c(s2)C(N)CCC3)c(F)c2c1c(=O)c(C(=O)O)cn2C1CC1. The topological polar surface area (TPSA) is 111 Å². The van der Waals surface area contributed by atoms with Gasteiger partial charge in [0.25, 0.3) is 0 Å². The summed E-state index contributed by atoms with van der Waals surface area (Å²) in [5.74, 6) is -1.88. The third kappa shape index (κ3) is 2.78. The zero-order chi connectivity index (χ0) is 20.4. The Morgan fingerprint density at radius 2 is 2.03 bits per heavy atom. The number of hydrogen-bond acceptors (Lipinski definition) is 5. The number of aromatic carboxylic acids is 1. The number of fused-ring (bicyclic) bond motifs is 2. The number of rotatable bonds is 3. The number of thiophene rings is 1. The van der Waals surface area contributed by atoms with Crippen LogP contribution < -0.4 is 16.9 Å². The second-order valence-electron chi connectivity index (χ2n) is 7.87. The highest BCUT2D eigenvalue weighted by Crippen LogP contribution is 2.44. The molecule has 1 unspecified atom stereocenters. The number of aryl methyl sites for hydroxylation is 1. The molecular weight excluding hydrogens is 393 g/mol. The quantitative estimate of drug-likeness (QED) is 0.565. The molecule has 6 nitrogen and oxygen atoms in total. The third-order valence-corrected chi connectivity index (χ3v) is 7.19. The molecule has 8 heteroatoms. The lowest BCUT2D eigenvalue weighted by atomic mass is 9.95. The first-order valence-electron chi connectivity index (χ1n) is 9.65. The fraction of sp³-hybridized carbons (Fsp3) is 0.333. The highest BCUT2D eigenvalue weighted by molar-refractivity contribution is 7.15. The van der Waals surface area contributed by atoms with Gasteiger partial charge in [-0.15, -0.1) is 11.3 Å². The van der Waals surface area contributed by atoms with E-state index in [0.717, 1.165) is 47.4 Å². The van der Waals surface area contributed by atoms with Crippen LogP contribution in [0.15, 0.2) is 23.1 Å². The maximum atomic E-state index is 15.8. The largest absolute Gasteiger partial charge is 0.477 e. The highest BCUT2D eigenvalue weighted by Gasteiger charge is 2.30. The van der Waals surface area contributed by atoms with E-state index in [1.54, 1.807) is 4.57 Å². The molecule has 0 bridgehead atoms. The lowest BCUT2D eigenvalue weighted by Crippen LogP contribution is -2.20. The van der Waals surface area contributed by atoms with Crippen LogP contribution in [0.1, 0.15) is 58.6 Å². The van der Waals surface area contributed by atoms with Crippen molar-refractivity contribution in [2.45, 2.75) is 44.2 Å². The van der Waals surface area contributed by atoms with Crippen LogP contribution in [0.3, 0.4) is 0 Å². The van der Waals surface area contributed by atoms with Crippen LogP contribution in [0.2, 0.25) is 0 Å². The lowest BCUT2D eigenvalue weighted by Gasteiger charge is -2.17. The Kier molecular flexibility index (Phi) is 4.04. The maximum Gasteiger partial charge on any atom is 0.341 e. The number of aromatic nitrogens is 1. The van der Waals surface area contributed by atoms with Crippen LogP contribution in [0, 0.1) is 5.82 Å². The van der Waals surface area contributed by atoms with Crippen molar-refractivity contribution in [3.8, 4) is 10.4 Å². The molecular formula is C21H20FN3O3S. The van der Waals surface area contributed by atoms with E-state index in [0.29, 0.717) is 5.56 Å². The number of nitrogen functional groups attached to an aromatic ring is 1. The molecule has 0 saturated heterocycles. The van der Waals surface area contributed by atoms with Gasteiger partial charge in [0, 0.05) is 39.3 Å². The summed E-state index contributed by atoms with van der Waals surface area (Å²) < 4.78 is 17.3. The number of benzene rings is 1. The van der Waals surface area contributed by atoms with Gasteiger partial charge < -0.3 is 21.1 Å². The van der Waals surface area contributed by atoms with Gasteiger partial charge in [0.05, 0.1) is 10.9 Å². The number of pyridine rings is 1. The van der Waals surface area contributed by atoms with Crippen molar-refractivity contribution in [1.82, 2.24) is 4.57 Å². The van der Waals surface area contributed by atoms with Crippen molar-refractivity contribution in [2.24, 2.45) is 5.73 Å². The standard InChI is InChI=1S/C21H20FN3O3S/c22-17-11(15-6-9-2-1-3-13(23)20(9)29-15)7-14(24)16-18(17)25(10-4-5-10)8-12(19(16)26)21(27)28/h6-8,10,13H,1-5,23-24H2,(H,27,28). The Labute approximate surface area is 169 Å². The van der Waals surface area contributed by atoms with Crippen molar-refractivity contribution < 1.29 is 14.3 Å². The summed E-state index contributed by atoms with van der Waals surface area (Å²) in [7, 11) is 0. The molecule has 2 aromatic heterocycles. The van der Waals surface area contributed by atoms with E-state index >= 15 is 4.39 Å². The molecule has 0 amide bonds. The minimum atomic E-state index is -1.34. The third-order valence-electron chi connectivity index (χ3n) is 5.84. The second kappa shape index (κ2) is 6.40. The van der Waals surface area contributed by atoms with Crippen LogP contribution in [-0.2, 0) is 6.42 Å². The van der Waals surface area contributed by atoms with Crippen LogP contribution >= 0.6 is 11.3 Å². The Morgan fingerprint density at radius 1 is 1.28 bits per heavy atom. The smallest absolute Gasteiger partial charge is 0.341 e. The summed E-state index contributed by atoms with van der Waals surface area (Å²) >= 11 is 1.47. The minimum absolute atomic E-state index is 0.0229. The zero-order valence-electron chi connectivity index (χ0n) is 15.6. The minimum Gasteiger partial charge on any atom is -0.477 e. The number of nitrogens with zero attached hydrogens (tertiary/aromatic N) is 1. The molecule has 5 N–H and O–H groups in total. The zero-order valence-corrected chi connectivity index (χ0v) is 16.4. The number of carboxylic acid groups (broad SMARTS) is 1. The van der Waals surface area contributed by atoms with Gasteiger partial charge in [-0.25, -0.2) is 9.18 Å². The summed E-state index contributed by atoms with van der Waals surface area (Å²) in [4.78, 5) is 26.1. The van der Waals surface area contributed by atoms with E-state index in [-0.39, 0.29) is 34.2 Å². The van der Waals surface area contributed by atoms with Crippen LogP contribution in [0.5, 0.6) is 0 Å². The summed E-state index contributed by atoms with van der Waals surface area (Å²) in [6, 6.07) is 3.35. The molecule has 2 aliphatic carbocycles. The molecule has 2 heterocycles. The highest BCUT2D eigenvalue weighted by atomic mass is 32.1. The van der Waals surface area contributed by atoms with Gasteiger partial charge in [-0.2, -0.15) is 0 Å². The van der Waals surface area contributed by atoms with Gasteiger partial charge >= 0.3 is 5.97 Å². The number of hydrogen-bond donors (Lipinski definition) is 3. The molecule has 0 aliphatic heterocycles. The fourth-order valence-electron chi connectivity index (χ4n) is 4.24. The summed E-state index contributed by atoms with van der Waals surface area (Å²) in [5, 5.41) is 9.35. The molecule has 5 rings (SSSR count). The van der Waals surface area contributed by atoms with E-state index in [1.807, 2.05) is 6.07 Å². The number of anilines is 1. The van der Waals surface area contributed by atoms with E-state index in [2.05, 4.69) is 0 Å². The first-order valence-corrected chi connectivity index (χ1v) is 10.5. The molecule has 29 heavy (non-hydrogen) atoms. The van der Waals surface area contributed by atoms with Gasteiger partial charge in [0.1, 0.15) is 5.56 Å². The molecule has 0 spiro atoms. The average molecular weight is 413 g/mol. The summed E-state index contributed by atoms with van der Waals surface area (Å²) in [6.45, 7) is 0. The first kappa shape index (κ1) is 18.3. The Bertz CT molecular complexity index is 1240. The number of carbonyl (C=O) groups is 1. The molecule has 1 fully saturated rings. The summed E-state index contributed by atoms with van der Waals surface area (Å²) in [6.07, 6.45) is 5.71. The number of nitrogens with two attached hydrogens (primary N) is 2. The van der Waals surface area contributed by atoms with Crippen molar-refractivity contribution in [3.63, 3.8) is 0 Å². The molecule has 3 aromatic rings. The predicted molar refractivity (Wildman–Crippen MR) is 111 cm³/mol. The van der Waals surface area contributed by atoms with Gasteiger partial charge in [0.15, 0.2) is 5.82 Å². The predicted octanol–water partition coefficient (Wildman–Crippen LogP) is 3.82. The van der Waals surface area contributed by atoms with Crippen LogP contribution in [-0.4, -0.2) is 15.6 Å². The van der Waals surface area contributed by atoms with Crippen molar-refractivity contribution in [2.75, 3.05) is 5.73 Å². The first-order chi connectivity index (χ1) is 13.9. The van der Waals surface area contributed by atoms with E-state index in [4.69, 9.17) is 11.5 Å². The van der Waals surface area contributed by atoms with Crippen LogP contribution in [0.25, 0.3) is 21.3 Å². The average Bonchev–Trinajstić information content (AvgIpc) is 3.42. The van der Waals surface area contributed by atoms with Crippen LogP contribution in [0.4, 0.5) is 10.1 Å². The monoisotopic (exact) mass is 413 g/mol. The van der Waals surface area contributed by atoms with E-state index < -0.39 is 17.2 Å². The molecule has 1 saturated carbocycles. The van der Waals surface area contributed by atoms with Gasteiger partial charge in [-0.3, -0.25) is 4.79 Å². The molecule has 2 aliphatic rings. The number of halogens is 1. The second-order valence-corrected chi connectivity index (χ2v) is 8.95. The van der Waals surface area contributed by atoms with Crippen molar-refractivity contribution in [3.05, 3.63) is 50.4 Å². The van der Waals surface area contributed by atoms with E-state index in [9.17, 15) is 14.7 Å². The fourth-order valence-corrected chi connectivity index (χ4v) is 5.50.